The van der Waals surface area contributed by atoms with E-state index in [1.165, 1.54) is 0 Å². The number of nitrogens with zero attached hydrogens (tertiary/aromatic N) is 2. The van der Waals surface area contributed by atoms with Crippen molar-refractivity contribution >= 4 is 17.1 Å². The van der Waals surface area contributed by atoms with Crippen LogP contribution >= 0.6 is 0 Å². The molecule has 1 saturated heterocycles. The van der Waals surface area contributed by atoms with E-state index in [1.54, 1.807) is 38.4 Å². The molecular weight excluding hydrogens is 357 g/mol. The average molecular weight is 384 g/mol. The molecule has 2 unspecified atom stereocenters. The summed E-state index contributed by atoms with van der Waals surface area (Å²) in [6, 6.07) is 5.08. The first-order valence-corrected chi connectivity index (χ1v) is 8.19. The first kappa shape index (κ1) is 23.1. The molecule has 0 bridgehead atoms. The minimum absolute atomic E-state index is 0. The molecule has 2 atom stereocenters. The number of benzene rings is 1. The van der Waals surface area contributed by atoms with E-state index < -0.39 is 0 Å². The van der Waals surface area contributed by atoms with Crippen LogP contribution in [-0.4, -0.2) is 55.8 Å². The van der Waals surface area contributed by atoms with Crippen molar-refractivity contribution in [2.24, 2.45) is 0 Å². The maximum atomic E-state index is 8.32. The van der Waals surface area contributed by atoms with Crippen molar-refractivity contribution in [3.8, 4) is 5.75 Å². The molecule has 1 aliphatic rings. The molecule has 1 aromatic carbocycles. The second-order valence-electron chi connectivity index (χ2n) is 6.13. The van der Waals surface area contributed by atoms with E-state index in [2.05, 4.69) is 10.2 Å². The fraction of sp³-hybridized carbons (Fsp3) is 0.444. The van der Waals surface area contributed by atoms with Crippen molar-refractivity contribution in [1.29, 1.82) is 10.8 Å². The van der Waals surface area contributed by atoms with Crippen LogP contribution < -0.4 is 61.9 Å². The van der Waals surface area contributed by atoms with E-state index in [0.29, 0.717) is 35.9 Å². The van der Waals surface area contributed by atoms with Gasteiger partial charge in [-0.3, -0.25) is 10.8 Å². The molecule has 1 fully saturated rings. The van der Waals surface area contributed by atoms with Crippen molar-refractivity contribution in [3.63, 3.8) is 0 Å². The molecule has 1 aromatic rings. The zero-order valence-electron chi connectivity index (χ0n) is 16.2. The minimum Gasteiger partial charge on any atom is -0.497 e. The van der Waals surface area contributed by atoms with Gasteiger partial charge in [-0.15, -0.1) is 0 Å². The molecule has 0 saturated carbocycles. The zero-order chi connectivity index (χ0) is 18.6. The third kappa shape index (κ3) is 5.80. The van der Waals surface area contributed by atoms with Gasteiger partial charge in [0, 0.05) is 11.3 Å². The summed E-state index contributed by atoms with van der Waals surface area (Å²) in [7, 11) is 3.24. The van der Waals surface area contributed by atoms with E-state index in [1.807, 2.05) is 13.8 Å². The summed E-state index contributed by atoms with van der Waals surface area (Å²) in [5, 5.41) is 20.9. The molecule has 8 heteroatoms. The zero-order valence-corrected chi connectivity index (χ0v) is 19.3. The van der Waals surface area contributed by atoms with Crippen molar-refractivity contribution in [1.82, 2.24) is 4.90 Å². The predicted molar refractivity (Wildman–Crippen MR) is 101 cm³/mol. The number of ether oxygens (including phenoxy) is 2. The van der Waals surface area contributed by atoms with E-state index in [0.717, 1.165) is 0 Å². The minimum atomic E-state index is 0. The number of anilines is 1. The fourth-order valence-electron chi connectivity index (χ4n) is 2.89. The molecule has 0 aliphatic carbocycles. The van der Waals surface area contributed by atoms with Gasteiger partial charge in [-0.05, 0) is 51.2 Å². The topological polar surface area (TPSA) is 110 Å². The van der Waals surface area contributed by atoms with Gasteiger partial charge in [-0.25, -0.2) is 0 Å². The van der Waals surface area contributed by atoms with Crippen LogP contribution in [0.5, 0.6) is 5.75 Å². The van der Waals surface area contributed by atoms with Gasteiger partial charge in [0.15, 0.2) is 0 Å². The number of methoxy groups -OCH3 is 1. The molecular formula is C18H26KN5O2. The molecule has 1 aliphatic heterocycles. The monoisotopic (exact) mass is 383 g/mol. The van der Waals surface area contributed by atoms with E-state index in [-0.39, 0.29) is 75.0 Å². The molecule has 2 rings (SSSR count). The van der Waals surface area contributed by atoms with Crippen molar-refractivity contribution < 1.29 is 60.9 Å². The maximum Gasteiger partial charge on any atom is 1.00 e. The van der Waals surface area contributed by atoms with Crippen LogP contribution in [0, 0.1) is 10.8 Å². The second kappa shape index (κ2) is 10.4. The van der Waals surface area contributed by atoms with Crippen molar-refractivity contribution in [2.75, 3.05) is 33.0 Å². The van der Waals surface area contributed by atoms with Gasteiger partial charge in [0.25, 0.3) is 0 Å². The van der Waals surface area contributed by atoms with Gasteiger partial charge in [-0.1, -0.05) is 12.9 Å². The van der Waals surface area contributed by atoms with Crippen LogP contribution in [-0.2, 0) is 4.74 Å². The molecule has 0 amide bonds. The number of nitrogens with two attached hydrogens (primary N) is 1. The fourth-order valence-corrected chi connectivity index (χ4v) is 2.89. The van der Waals surface area contributed by atoms with Gasteiger partial charge in [-0.2, -0.15) is 0 Å². The number of nitrogen functional groups attached to an aromatic ring is 1. The Hall–Kier alpha value is -0.904. The third-order valence-corrected chi connectivity index (χ3v) is 4.05. The predicted octanol–water partition coefficient (Wildman–Crippen LogP) is -0.377. The summed E-state index contributed by atoms with van der Waals surface area (Å²) in [4.78, 5) is 2.08. The van der Waals surface area contributed by atoms with Crippen LogP contribution in [0.25, 0.3) is 5.32 Å². The summed E-state index contributed by atoms with van der Waals surface area (Å²) in [6.07, 6.45) is 1.79. The SMILES string of the molecule is C[N-]/C(=C\C(=N)C(=N)c1cc(OC)ccc1N)N1CC(C)OC(C)C1.[K+]. The number of nitrogens with one attached hydrogen (secondary N) is 2. The number of morpholine rings is 1. The van der Waals surface area contributed by atoms with Crippen LogP contribution in [0.1, 0.15) is 19.4 Å². The molecule has 136 valence electrons. The first-order valence-electron chi connectivity index (χ1n) is 8.19. The Labute approximate surface area is 197 Å². The second-order valence-corrected chi connectivity index (χ2v) is 6.13. The third-order valence-electron chi connectivity index (χ3n) is 4.05. The Bertz CT molecular complexity index is 682. The van der Waals surface area contributed by atoms with E-state index >= 15 is 0 Å². The van der Waals surface area contributed by atoms with E-state index in [4.69, 9.17) is 26.0 Å². The summed E-state index contributed by atoms with van der Waals surface area (Å²) in [5.41, 5.74) is 6.95. The van der Waals surface area contributed by atoms with Gasteiger partial charge >= 0.3 is 51.4 Å². The largest absolute Gasteiger partial charge is 1.00 e. The normalized spacial score (nSPS) is 20.2. The summed E-state index contributed by atoms with van der Waals surface area (Å²) < 4.78 is 10.9. The Morgan fingerprint density at radius 1 is 1.31 bits per heavy atom. The number of allylic oxidation sites excluding steroid dienone is 1. The average Bonchev–Trinajstić information content (AvgIpc) is 2.58. The first-order chi connectivity index (χ1) is 11.8. The van der Waals surface area contributed by atoms with Crippen LogP contribution in [0.3, 0.4) is 0 Å². The molecule has 26 heavy (non-hydrogen) atoms. The Balaban J connectivity index is 0.00000338. The maximum absolute atomic E-state index is 8.32. The number of rotatable bonds is 6. The van der Waals surface area contributed by atoms with Crippen LogP contribution in [0.2, 0.25) is 0 Å². The van der Waals surface area contributed by atoms with Gasteiger partial charge in [0.05, 0.1) is 30.7 Å². The van der Waals surface area contributed by atoms with Gasteiger partial charge in [0.1, 0.15) is 5.75 Å². The molecule has 1 heterocycles. The van der Waals surface area contributed by atoms with Crippen molar-refractivity contribution in [2.45, 2.75) is 26.1 Å². The van der Waals surface area contributed by atoms with Crippen molar-refractivity contribution in [3.05, 3.63) is 41.0 Å². The smallest absolute Gasteiger partial charge is 0.497 e. The van der Waals surface area contributed by atoms with Gasteiger partial charge in [0.2, 0.25) is 0 Å². The molecule has 0 spiro atoms. The molecule has 4 N–H and O–H groups in total. The quantitative estimate of drug-likeness (QED) is 0.353. The van der Waals surface area contributed by atoms with Gasteiger partial charge < -0.3 is 25.4 Å². The Kier molecular flexibility index (Phi) is 9.29. The summed E-state index contributed by atoms with van der Waals surface area (Å²) >= 11 is 0. The van der Waals surface area contributed by atoms with E-state index in [9.17, 15) is 0 Å². The summed E-state index contributed by atoms with van der Waals surface area (Å²) in [5.74, 6) is 1.26. The molecule has 0 radical (unpaired) electrons. The van der Waals surface area contributed by atoms with Crippen LogP contribution in [0.15, 0.2) is 30.1 Å². The number of hydrogen-bond donors (Lipinski definition) is 3. The standard InChI is InChI=1S/C18H26N5O2.K/c1-11-9-23(10-12(2)25-11)17(22-3)8-16(20)18(21)14-7-13(24-4)5-6-15(14)19;/h5-8,11-12,20-21H,9-10,19H2,1-4H3;/q-1;+1/b17-8+,20-16?,21-18?;. The Morgan fingerprint density at radius 2 is 1.92 bits per heavy atom. The Morgan fingerprint density at radius 3 is 2.46 bits per heavy atom. The van der Waals surface area contributed by atoms with Crippen LogP contribution in [0.4, 0.5) is 5.69 Å². The number of hydrogen-bond acceptors (Lipinski definition) is 6. The molecule has 7 nitrogen and oxygen atoms in total. The molecule has 0 aromatic heterocycles. The summed E-state index contributed by atoms with van der Waals surface area (Å²) in [6.45, 7) is 5.44.